The van der Waals surface area contributed by atoms with Gasteiger partial charge in [0.05, 0.1) is 12.8 Å². The molecule has 1 heterocycles. The van der Waals surface area contributed by atoms with Crippen molar-refractivity contribution in [3.8, 4) is 5.75 Å². The van der Waals surface area contributed by atoms with Gasteiger partial charge in [-0.1, -0.05) is 18.6 Å². The van der Waals surface area contributed by atoms with Gasteiger partial charge in [0.15, 0.2) is 0 Å². The van der Waals surface area contributed by atoms with E-state index < -0.39 is 0 Å². The van der Waals surface area contributed by atoms with Crippen LogP contribution in [-0.4, -0.2) is 30.2 Å². The van der Waals surface area contributed by atoms with E-state index in [1.807, 2.05) is 29.3 Å². The summed E-state index contributed by atoms with van der Waals surface area (Å²) < 4.78 is 5.22. The number of rotatable bonds is 3. The summed E-state index contributed by atoms with van der Waals surface area (Å²) in [6.07, 6.45) is 3.44. The molecule has 5 heteroatoms. The van der Waals surface area contributed by atoms with Crippen LogP contribution in [0.25, 0.3) is 0 Å². The summed E-state index contributed by atoms with van der Waals surface area (Å²) in [5.41, 5.74) is 3.62. The lowest BCUT2D eigenvalue weighted by Gasteiger charge is -2.38. The number of carbonyl (C=O) groups is 1. The predicted octanol–water partition coefficient (Wildman–Crippen LogP) is 2.99. The van der Waals surface area contributed by atoms with E-state index in [0.29, 0.717) is 23.5 Å². The lowest BCUT2D eigenvalue weighted by molar-refractivity contribution is 0.0625. The number of benzene rings is 1. The van der Waals surface area contributed by atoms with Crippen LogP contribution in [0.15, 0.2) is 24.3 Å². The van der Waals surface area contributed by atoms with Crippen LogP contribution in [0.5, 0.6) is 5.75 Å². The van der Waals surface area contributed by atoms with Crippen LogP contribution in [0, 0.1) is 0 Å². The van der Waals surface area contributed by atoms with Crippen LogP contribution in [-0.2, 0) is 0 Å². The maximum absolute atomic E-state index is 12.1. The van der Waals surface area contributed by atoms with Crippen LogP contribution in [0.4, 0.5) is 10.5 Å². The van der Waals surface area contributed by atoms with Crippen molar-refractivity contribution in [2.75, 3.05) is 12.4 Å². The molecule has 2 N–H and O–H groups in total. The van der Waals surface area contributed by atoms with Gasteiger partial charge in [-0.25, -0.2) is 9.80 Å². The van der Waals surface area contributed by atoms with Gasteiger partial charge in [0, 0.05) is 12.1 Å². The topological polar surface area (TPSA) is 53.6 Å². The maximum Gasteiger partial charge on any atom is 0.333 e. The van der Waals surface area contributed by atoms with E-state index in [0.717, 1.165) is 12.8 Å². The summed E-state index contributed by atoms with van der Waals surface area (Å²) in [5.74, 6) is 0.655. The molecule has 110 valence electrons. The molecule has 2 amide bonds. The fourth-order valence-electron chi connectivity index (χ4n) is 2.66. The number of carbonyl (C=O) groups excluding carboxylic acids is 1. The number of ether oxygens (including phenoxy) is 1. The number of hydrazine groups is 1. The molecule has 0 spiro atoms. The van der Waals surface area contributed by atoms with Crippen LogP contribution in [0.1, 0.15) is 33.1 Å². The van der Waals surface area contributed by atoms with E-state index in [2.05, 4.69) is 24.6 Å². The van der Waals surface area contributed by atoms with E-state index in [9.17, 15) is 4.79 Å². The third-order valence-electron chi connectivity index (χ3n) is 3.78. The average molecular weight is 277 g/mol. The molecule has 0 bridgehead atoms. The van der Waals surface area contributed by atoms with E-state index >= 15 is 0 Å². The molecule has 1 aliphatic rings. The molecule has 2 atom stereocenters. The fraction of sp³-hybridized carbons (Fsp3) is 0.533. The van der Waals surface area contributed by atoms with Crippen molar-refractivity contribution in [3.63, 3.8) is 0 Å². The van der Waals surface area contributed by atoms with Crippen molar-refractivity contribution in [1.82, 2.24) is 10.4 Å². The molecule has 5 nitrogen and oxygen atoms in total. The van der Waals surface area contributed by atoms with Crippen molar-refractivity contribution in [3.05, 3.63) is 24.3 Å². The molecular weight excluding hydrogens is 254 g/mol. The number of hydrogen-bond acceptors (Lipinski definition) is 3. The number of para-hydroxylation sites is 2. The first-order valence-electron chi connectivity index (χ1n) is 7.11. The van der Waals surface area contributed by atoms with Crippen LogP contribution < -0.4 is 15.5 Å². The highest BCUT2D eigenvalue weighted by molar-refractivity contribution is 5.90. The number of methoxy groups -OCH3 is 1. The normalized spacial score (nSPS) is 23.1. The minimum Gasteiger partial charge on any atom is -0.495 e. The predicted molar refractivity (Wildman–Crippen MR) is 79.8 cm³/mol. The lowest BCUT2D eigenvalue weighted by Crippen LogP contribution is -2.55. The molecule has 1 aromatic carbocycles. The van der Waals surface area contributed by atoms with Crippen molar-refractivity contribution < 1.29 is 9.53 Å². The Balaban J connectivity index is 1.98. The van der Waals surface area contributed by atoms with Gasteiger partial charge in [-0.05, 0) is 38.8 Å². The third kappa shape index (κ3) is 3.42. The molecule has 2 rings (SSSR count). The molecule has 0 radical (unpaired) electrons. The first kappa shape index (κ1) is 14.7. The first-order valence-corrected chi connectivity index (χ1v) is 7.11. The molecule has 1 aromatic rings. The molecule has 0 aliphatic carbocycles. The van der Waals surface area contributed by atoms with Crippen LogP contribution in [0.3, 0.4) is 0 Å². The van der Waals surface area contributed by atoms with Crippen molar-refractivity contribution >= 4 is 11.7 Å². The minimum atomic E-state index is -0.227. The number of piperidine rings is 1. The number of amides is 2. The van der Waals surface area contributed by atoms with Gasteiger partial charge in [0.2, 0.25) is 0 Å². The summed E-state index contributed by atoms with van der Waals surface area (Å²) in [6.45, 7) is 4.28. The summed E-state index contributed by atoms with van der Waals surface area (Å²) in [5, 5.41) is 4.87. The number of anilines is 1. The van der Waals surface area contributed by atoms with Crippen molar-refractivity contribution in [2.24, 2.45) is 0 Å². The minimum absolute atomic E-state index is 0.227. The van der Waals surface area contributed by atoms with Crippen molar-refractivity contribution in [1.29, 1.82) is 0 Å². The van der Waals surface area contributed by atoms with E-state index in [1.54, 1.807) is 7.11 Å². The molecule has 1 aliphatic heterocycles. The van der Waals surface area contributed by atoms with Crippen LogP contribution in [0.2, 0.25) is 0 Å². The zero-order valence-corrected chi connectivity index (χ0v) is 12.3. The Labute approximate surface area is 120 Å². The van der Waals surface area contributed by atoms with Crippen molar-refractivity contribution in [2.45, 2.75) is 45.2 Å². The SMILES string of the molecule is COc1ccccc1NC(=O)NN1[C@H](C)CCC[C@@H]1C. The lowest BCUT2D eigenvalue weighted by atomic mass is 10.00. The molecule has 1 fully saturated rings. The van der Waals surface area contributed by atoms with Gasteiger partial charge >= 0.3 is 6.03 Å². The second kappa shape index (κ2) is 6.61. The highest BCUT2D eigenvalue weighted by Gasteiger charge is 2.26. The summed E-state index contributed by atoms with van der Waals surface area (Å²) in [6, 6.07) is 7.88. The Hall–Kier alpha value is -1.75. The summed E-state index contributed by atoms with van der Waals surface area (Å²) in [7, 11) is 1.59. The monoisotopic (exact) mass is 277 g/mol. The second-order valence-corrected chi connectivity index (χ2v) is 5.30. The standard InChI is InChI=1S/C15H23N3O2/c1-11-7-6-8-12(2)18(11)17-15(19)16-13-9-4-5-10-14(13)20-3/h4-5,9-12H,6-8H2,1-3H3,(H2,16,17,19)/t11-,12+. The zero-order chi connectivity index (χ0) is 14.5. The molecule has 0 aromatic heterocycles. The van der Waals surface area contributed by atoms with Gasteiger partial charge in [-0.2, -0.15) is 0 Å². The molecular formula is C15H23N3O2. The van der Waals surface area contributed by atoms with E-state index in [-0.39, 0.29) is 6.03 Å². The van der Waals surface area contributed by atoms with E-state index in [4.69, 9.17) is 4.74 Å². The highest BCUT2D eigenvalue weighted by atomic mass is 16.5. The molecule has 0 unspecified atom stereocenters. The molecule has 1 saturated heterocycles. The maximum atomic E-state index is 12.1. The molecule has 20 heavy (non-hydrogen) atoms. The Morgan fingerprint density at radius 2 is 1.90 bits per heavy atom. The number of nitrogens with one attached hydrogen (secondary N) is 2. The van der Waals surface area contributed by atoms with Gasteiger partial charge < -0.3 is 10.1 Å². The fourth-order valence-corrected chi connectivity index (χ4v) is 2.66. The Kier molecular flexibility index (Phi) is 4.84. The Bertz CT molecular complexity index is 454. The highest BCUT2D eigenvalue weighted by Crippen LogP contribution is 2.23. The Morgan fingerprint density at radius 3 is 2.55 bits per heavy atom. The quantitative estimate of drug-likeness (QED) is 0.893. The van der Waals surface area contributed by atoms with Gasteiger partial charge in [-0.15, -0.1) is 0 Å². The average Bonchev–Trinajstić information content (AvgIpc) is 2.44. The van der Waals surface area contributed by atoms with Gasteiger partial charge in [0.1, 0.15) is 5.75 Å². The number of urea groups is 1. The largest absolute Gasteiger partial charge is 0.495 e. The van der Waals surface area contributed by atoms with E-state index in [1.165, 1.54) is 6.42 Å². The van der Waals surface area contributed by atoms with Gasteiger partial charge in [0.25, 0.3) is 0 Å². The summed E-state index contributed by atoms with van der Waals surface area (Å²) >= 11 is 0. The Morgan fingerprint density at radius 1 is 1.25 bits per heavy atom. The van der Waals surface area contributed by atoms with Gasteiger partial charge in [-0.3, -0.25) is 5.43 Å². The molecule has 0 saturated carbocycles. The second-order valence-electron chi connectivity index (χ2n) is 5.30. The zero-order valence-electron chi connectivity index (χ0n) is 12.3. The first-order chi connectivity index (χ1) is 9.61. The smallest absolute Gasteiger partial charge is 0.333 e. The van der Waals surface area contributed by atoms with Crippen LogP contribution >= 0.6 is 0 Å². The third-order valence-corrected chi connectivity index (χ3v) is 3.78. The summed E-state index contributed by atoms with van der Waals surface area (Å²) in [4.78, 5) is 12.1. The number of nitrogens with zero attached hydrogens (tertiary/aromatic N) is 1. The number of hydrogen-bond donors (Lipinski definition) is 2.